The van der Waals surface area contributed by atoms with Crippen molar-refractivity contribution in [2.75, 3.05) is 13.2 Å². The highest BCUT2D eigenvalue weighted by Gasteiger charge is 2.30. The number of aliphatic carboxylic acids is 1. The number of aromatic nitrogens is 2. The van der Waals surface area contributed by atoms with Crippen LogP contribution in [0.2, 0.25) is 0 Å². The SMILES string of the molecule is CC(C)CC(N)C(=O)NC(CCCCN)C(=O)NC(Cc1cnc[nH]1)C(=O)NC(CO)C(=O)O. The predicted molar refractivity (Wildman–Crippen MR) is 123 cm³/mol. The van der Waals surface area contributed by atoms with Crippen molar-refractivity contribution in [1.29, 1.82) is 0 Å². The van der Waals surface area contributed by atoms with Crippen LogP contribution in [-0.2, 0) is 25.6 Å². The molecule has 0 aromatic carbocycles. The fraction of sp³-hybridized carbons (Fsp3) is 0.667. The number of carboxylic acid groups (broad SMARTS) is 1. The minimum atomic E-state index is -1.54. The fourth-order valence-corrected chi connectivity index (χ4v) is 3.21. The number of hydrogen-bond acceptors (Lipinski definition) is 8. The van der Waals surface area contributed by atoms with Crippen molar-refractivity contribution in [3.63, 3.8) is 0 Å². The topological polar surface area (TPSA) is 226 Å². The van der Waals surface area contributed by atoms with Gasteiger partial charge in [-0.2, -0.15) is 0 Å². The van der Waals surface area contributed by atoms with Gasteiger partial charge in [-0.1, -0.05) is 13.8 Å². The van der Waals surface area contributed by atoms with Gasteiger partial charge in [-0.05, 0) is 38.1 Å². The first-order valence-corrected chi connectivity index (χ1v) is 11.3. The minimum Gasteiger partial charge on any atom is -0.480 e. The third kappa shape index (κ3) is 10.3. The van der Waals surface area contributed by atoms with Gasteiger partial charge in [0.15, 0.2) is 0 Å². The average molecular weight is 484 g/mol. The van der Waals surface area contributed by atoms with E-state index in [0.717, 1.165) is 0 Å². The van der Waals surface area contributed by atoms with Crippen molar-refractivity contribution in [2.24, 2.45) is 17.4 Å². The number of nitrogens with two attached hydrogens (primary N) is 2. The number of nitrogens with one attached hydrogen (secondary N) is 4. The number of carboxylic acids is 1. The van der Waals surface area contributed by atoms with Crippen molar-refractivity contribution >= 4 is 23.7 Å². The molecule has 4 atom stereocenters. The van der Waals surface area contributed by atoms with Crippen LogP contribution in [0.1, 0.15) is 45.2 Å². The average Bonchev–Trinajstić information content (AvgIpc) is 3.28. The lowest BCUT2D eigenvalue weighted by atomic mass is 10.0. The van der Waals surface area contributed by atoms with Gasteiger partial charge in [0.05, 0.1) is 19.0 Å². The third-order valence-corrected chi connectivity index (χ3v) is 5.05. The summed E-state index contributed by atoms with van der Waals surface area (Å²) in [5.74, 6) is -3.16. The van der Waals surface area contributed by atoms with E-state index < -0.39 is 54.5 Å². The molecule has 1 rings (SSSR count). The maximum absolute atomic E-state index is 13.1. The van der Waals surface area contributed by atoms with E-state index in [2.05, 4.69) is 25.9 Å². The highest BCUT2D eigenvalue weighted by atomic mass is 16.4. The molecule has 13 nitrogen and oxygen atoms in total. The van der Waals surface area contributed by atoms with E-state index in [1.807, 2.05) is 13.8 Å². The number of unbranched alkanes of at least 4 members (excludes halogenated alkanes) is 1. The Morgan fingerprint density at radius 1 is 1.03 bits per heavy atom. The molecular formula is C21H37N7O6. The summed E-state index contributed by atoms with van der Waals surface area (Å²) in [5, 5.41) is 25.8. The van der Waals surface area contributed by atoms with E-state index >= 15 is 0 Å². The zero-order valence-electron chi connectivity index (χ0n) is 19.6. The van der Waals surface area contributed by atoms with Crippen molar-refractivity contribution in [1.82, 2.24) is 25.9 Å². The lowest BCUT2D eigenvalue weighted by Gasteiger charge is -2.25. The van der Waals surface area contributed by atoms with E-state index in [1.54, 1.807) is 0 Å². The lowest BCUT2D eigenvalue weighted by Crippen LogP contribution is -2.58. The van der Waals surface area contributed by atoms with Crippen molar-refractivity contribution in [3.05, 3.63) is 18.2 Å². The number of H-pyrrole nitrogens is 1. The number of carbonyl (C=O) groups excluding carboxylic acids is 3. The first-order chi connectivity index (χ1) is 16.1. The summed E-state index contributed by atoms with van der Waals surface area (Å²) in [6, 6.07) is -4.50. The van der Waals surface area contributed by atoms with E-state index in [9.17, 15) is 24.3 Å². The number of carbonyl (C=O) groups is 4. The third-order valence-electron chi connectivity index (χ3n) is 5.05. The quantitative estimate of drug-likeness (QED) is 0.121. The van der Waals surface area contributed by atoms with E-state index in [0.29, 0.717) is 31.5 Å². The summed E-state index contributed by atoms with van der Waals surface area (Å²) in [6.07, 6.45) is 4.72. The first-order valence-electron chi connectivity index (χ1n) is 11.3. The summed E-state index contributed by atoms with van der Waals surface area (Å²) in [6.45, 7) is 3.44. The highest BCUT2D eigenvalue weighted by molar-refractivity contribution is 5.94. The van der Waals surface area contributed by atoms with Crippen molar-refractivity contribution < 1.29 is 29.4 Å². The molecule has 10 N–H and O–H groups in total. The van der Waals surface area contributed by atoms with Gasteiger partial charge in [0.2, 0.25) is 17.7 Å². The number of rotatable bonds is 16. The molecule has 0 aliphatic rings. The molecule has 0 saturated carbocycles. The zero-order valence-corrected chi connectivity index (χ0v) is 19.6. The monoisotopic (exact) mass is 483 g/mol. The van der Waals surface area contributed by atoms with Crippen molar-refractivity contribution in [3.8, 4) is 0 Å². The Morgan fingerprint density at radius 3 is 2.18 bits per heavy atom. The van der Waals surface area contributed by atoms with Gasteiger partial charge < -0.3 is 42.6 Å². The van der Waals surface area contributed by atoms with Crippen LogP contribution < -0.4 is 27.4 Å². The van der Waals surface area contributed by atoms with Crippen LogP contribution in [0.15, 0.2) is 12.5 Å². The highest BCUT2D eigenvalue weighted by Crippen LogP contribution is 2.07. The van der Waals surface area contributed by atoms with Crippen LogP contribution in [0.4, 0.5) is 0 Å². The zero-order chi connectivity index (χ0) is 25.7. The molecule has 3 amide bonds. The molecule has 0 aliphatic heterocycles. The molecule has 0 aliphatic carbocycles. The van der Waals surface area contributed by atoms with Crippen LogP contribution in [0.25, 0.3) is 0 Å². The number of aliphatic hydroxyl groups excluding tert-OH is 1. The second-order valence-electron chi connectivity index (χ2n) is 8.51. The Balaban J connectivity index is 3.00. The van der Waals surface area contributed by atoms with E-state index in [1.165, 1.54) is 12.5 Å². The molecule has 0 radical (unpaired) electrons. The molecule has 192 valence electrons. The Hall–Kier alpha value is -3.03. The summed E-state index contributed by atoms with van der Waals surface area (Å²) in [7, 11) is 0. The van der Waals surface area contributed by atoms with Crippen LogP contribution in [-0.4, -0.2) is 81.2 Å². The molecule has 4 unspecified atom stereocenters. The van der Waals surface area contributed by atoms with Gasteiger partial charge in [-0.25, -0.2) is 9.78 Å². The predicted octanol–water partition coefficient (Wildman–Crippen LogP) is -2.01. The Morgan fingerprint density at radius 2 is 1.65 bits per heavy atom. The Labute approximate surface area is 198 Å². The van der Waals surface area contributed by atoms with Crippen LogP contribution in [0.5, 0.6) is 0 Å². The van der Waals surface area contributed by atoms with Gasteiger partial charge in [-0.15, -0.1) is 0 Å². The molecule has 13 heteroatoms. The molecule has 0 spiro atoms. The summed E-state index contributed by atoms with van der Waals surface area (Å²) >= 11 is 0. The number of aliphatic hydroxyl groups is 1. The van der Waals surface area contributed by atoms with Gasteiger partial charge in [0.1, 0.15) is 18.1 Å². The van der Waals surface area contributed by atoms with E-state index in [4.69, 9.17) is 16.6 Å². The molecule has 0 saturated heterocycles. The number of nitrogens with zero attached hydrogens (tertiary/aromatic N) is 1. The minimum absolute atomic E-state index is 0.0222. The molecule has 0 bridgehead atoms. The second kappa shape index (κ2) is 15.0. The summed E-state index contributed by atoms with van der Waals surface area (Å²) in [5.41, 5.74) is 12.0. The Kier molecular flexibility index (Phi) is 12.8. The molecule has 1 aromatic rings. The molecular weight excluding hydrogens is 446 g/mol. The van der Waals surface area contributed by atoms with Gasteiger partial charge >= 0.3 is 5.97 Å². The second-order valence-corrected chi connectivity index (χ2v) is 8.51. The standard InChI is InChI=1S/C21H37N7O6/c1-12(2)7-14(23)18(30)26-15(5-3-4-6-22)19(31)27-16(8-13-9-24-11-25-13)20(32)28-17(10-29)21(33)34/h9,11-12,14-17,29H,3-8,10,22-23H2,1-2H3,(H,24,25)(H,26,30)(H,27,31)(H,28,32)(H,33,34). The molecule has 1 aromatic heterocycles. The van der Waals surface area contributed by atoms with Gasteiger partial charge in [0, 0.05) is 18.3 Å². The normalized spacial score (nSPS) is 14.6. The molecule has 0 fully saturated rings. The Bertz CT molecular complexity index is 787. The largest absolute Gasteiger partial charge is 0.480 e. The van der Waals surface area contributed by atoms with Crippen LogP contribution in [0, 0.1) is 5.92 Å². The number of hydrogen-bond donors (Lipinski definition) is 8. The summed E-state index contributed by atoms with van der Waals surface area (Å²) in [4.78, 5) is 56.3. The summed E-state index contributed by atoms with van der Waals surface area (Å²) < 4.78 is 0. The molecule has 34 heavy (non-hydrogen) atoms. The number of amides is 3. The maximum Gasteiger partial charge on any atom is 0.328 e. The smallest absolute Gasteiger partial charge is 0.328 e. The van der Waals surface area contributed by atoms with Crippen molar-refractivity contribution in [2.45, 2.75) is 70.1 Å². The number of imidazole rings is 1. The number of aromatic amines is 1. The fourth-order valence-electron chi connectivity index (χ4n) is 3.21. The lowest BCUT2D eigenvalue weighted by molar-refractivity contribution is -0.143. The maximum atomic E-state index is 13.1. The molecule has 1 heterocycles. The van der Waals surface area contributed by atoms with Gasteiger partial charge in [0.25, 0.3) is 0 Å². The van der Waals surface area contributed by atoms with Gasteiger partial charge in [-0.3, -0.25) is 14.4 Å². The van der Waals surface area contributed by atoms with E-state index in [-0.39, 0.29) is 18.8 Å². The first kappa shape index (κ1) is 29.0. The van der Waals surface area contributed by atoms with Crippen LogP contribution in [0.3, 0.4) is 0 Å². The van der Waals surface area contributed by atoms with Crippen LogP contribution >= 0.6 is 0 Å².